The van der Waals surface area contributed by atoms with E-state index >= 15 is 9.59 Å². The standard InChI is InChI=1S/C74H95ClN16O14/c1-43(2)35-55(65(96)83-54(15-9-29-80-73(78)79)71(102)90-30-10-16-60(90)69(100)81-44(3)63(77)94)84-64(95)53(27-28-62(76)93)82-66(97)56(38-46-17-19-48(20-18-46)41-89-31-33-105-34-32-89)85-68(99)59(42-92)87-67(98)57(37-45-11-5-4-6-12-45)86-70(101)61(40-47-22-25-52(75)26-23-47)91-72(103)58(88-74(91)104)39-49-21-24-50-13-7-8-14-51(50)36-49/h4-8,11-14,17-26,36,43-44,53-61,92H,9-10,15-16,27-35,37-42H2,1-3H3,(H2,76,93)(H2,77,94)(H,81,100)(H,82,97)(H,83,96)(H,84,95)(H,85,99)(H,86,101)(H,87,98)(H,88,104)(H4,78,79,80)/t44-,53-,54+,55+,56+,57-,58?,59+,60+,61?/m1/s1. The van der Waals surface area contributed by atoms with E-state index < -0.39 is 151 Å². The van der Waals surface area contributed by atoms with Crippen LogP contribution in [0.25, 0.3) is 10.8 Å². The van der Waals surface area contributed by atoms with E-state index in [2.05, 4.69) is 52.4 Å². The van der Waals surface area contributed by atoms with Crippen LogP contribution in [0.15, 0.2) is 126 Å². The Kier molecular flexibility index (Phi) is 29.6. The third-order valence-electron chi connectivity index (χ3n) is 18.4. The number of likely N-dealkylation sites (tertiary alicyclic amines) is 1. The third kappa shape index (κ3) is 23.7. The van der Waals surface area contributed by atoms with Gasteiger partial charge in [-0.2, -0.15) is 0 Å². The number of nitrogens with zero attached hydrogens (tertiary/aromatic N) is 4. The second kappa shape index (κ2) is 38.8. The normalized spacial score (nSPS) is 17.5. The Labute approximate surface area is 613 Å². The fraction of sp³-hybridized carbons (Fsp3) is 0.446. The van der Waals surface area contributed by atoms with Crippen LogP contribution in [-0.2, 0) is 89.7 Å². The first-order valence-corrected chi connectivity index (χ1v) is 35.6. The van der Waals surface area contributed by atoms with Gasteiger partial charge in [0, 0.05) is 69.9 Å². The van der Waals surface area contributed by atoms with Crippen LogP contribution in [0.1, 0.15) is 93.5 Å². The number of fused-ring (bicyclic) bond motifs is 1. The van der Waals surface area contributed by atoms with E-state index in [-0.39, 0.29) is 76.3 Å². The molecule has 10 atom stereocenters. The highest BCUT2D eigenvalue weighted by Gasteiger charge is 2.46. The van der Waals surface area contributed by atoms with Crippen molar-refractivity contribution in [1.29, 1.82) is 0 Å². The zero-order chi connectivity index (χ0) is 75.9. The number of nitrogens with one attached hydrogen (secondary N) is 8. The minimum atomic E-state index is -1.84. The molecule has 0 spiro atoms. The van der Waals surface area contributed by atoms with Crippen molar-refractivity contribution in [3.63, 3.8) is 0 Å². The van der Waals surface area contributed by atoms with Gasteiger partial charge in [0.1, 0.15) is 60.4 Å². The number of aliphatic hydroxyl groups is 1. The van der Waals surface area contributed by atoms with E-state index in [4.69, 9.17) is 39.3 Å². The lowest BCUT2D eigenvalue weighted by atomic mass is 9.99. The molecule has 8 rings (SSSR count). The summed E-state index contributed by atoms with van der Waals surface area (Å²) in [6.45, 7) is 7.14. The largest absolute Gasteiger partial charge is 0.394 e. The number of aliphatic imine (C=N–C) groups is 1. The molecule has 562 valence electrons. The summed E-state index contributed by atoms with van der Waals surface area (Å²) in [6.07, 6.45) is -0.746. The van der Waals surface area contributed by atoms with Crippen molar-refractivity contribution in [1.82, 2.24) is 57.2 Å². The van der Waals surface area contributed by atoms with Gasteiger partial charge < -0.3 is 80.2 Å². The van der Waals surface area contributed by atoms with Gasteiger partial charge in [-0.1, -0.05) is 135 Å². The molecular weight excluding hydrogens is 1370 g/mol. The Morgan fingerprint density at radius 3 is 1.78 bits per heavy atom. The van der Waals surface area contributed by atoms with E-state index in [1.807, 2.05) is 54.6 Å². The molecule has 2 unspecified atom stereocenters. The van der Waals surface area contributed by atoms with Crippen LogP contribution in [0.3, 0.4) is 0 Å². The van der Waals surface area contributed by atoms with Crippen LogP contribution in [-0.4, -0.2) is 203 Å². The highest BCUT2D eigenvalue weighted by molar-refractivity contribution is 6.30. The van der Waals surface area contributed by atoms with Crippen LogP contribution < -0.4 is 65.5 Å². The van der Waals surface area contributed by atoms with Crippen LogP contribution in [0.4, 0.5) is 4.79 Å². The number of aliphatic hydroxyl groups excluding tert-OH is 1. The van der Waals surface area contributed by atoms with Gasteiger partial charge >= 0.3 is 6.03 Å². The van der Waals surface area contributed by atoms with Gasteiger partial charge in [0.05, 0.1) is 19.8 Å². The highest BCUT2D eigenvalue weighted by atomic mass is 35.5. The first-order valence-electron chi connectivity index (χ1n) is 35.2. The average Bonchev–Trinajstić information content (AvgIpc) is 1.66. The molecule has 0 saturated carbocycles. The van der Waals surface area contributed by atoms with Crippen LogP contribution in [0.2, 0.25) is 5.02 Å². The number of carbonyl (C=O) groups is 12. The molecule has 17 N–H and O–H groups in total. The lowest BCUT2D eigenvalue weighted by molar-refractivity contribution is -0.142. The van der Waals surface area contributed by atoms with E-state index in [0.717, 1.165) is 26.8 Å². The van der Waals surface area contributed by atoms with Crippen molar-refractivity contribution in [2.45, 2.75) is 158 Å². The summed E-state index contributed by atoms with van der Waals surface area (Å²) in [5.41, 5.74) is 25.4. The Morgan fingerprint density at radius 1 is 0.600 bits per heavy atom. The Morgan fingerprint density at radius 2 is 1.14 bits per heavy atom. The average molecular weight is 1470 g/mol. The van der Waals surface area contributed by atoms with Crippen molar-refractivity contribution >= 4 is 99.3 Å². The Bertz CT molecular complexity index is 3930. The number of ether oxygens (including phenoxy) is 1. The molecule has 31 heteroatoms. The molecule has 3 saturated heterocycles. The van der Waals surface area contributed by atoms with E-state index in [9.17, 15) is 53.1 Å². The number of hydrogen-bond acceptors (Lipinski definition) is 16. The van der Waals surface area contributed by atoms with Gasteiger partial charge in [0.25, 0.3) is 5.91 Å². The van der Waals surface area contributed by atoms with Gasteiger partial charge in [-0.15, -0.1) is 0 Å². The third-order valence-corrected chi connectivity index (χ3v) is 18.7. The van der Waals surface area contributed by atoms with E-state index in [1.165, 1.54) is 11.8 Å². The predicted octanol–water partition coefficient (Wildman–Crippen LogP) is 0.132. The molecular formula is C74H95ClN16O14. The molecule has 5 aromatic rings. The number of rotatable bonds is 37. The van der Waals surface area contributed by atoms with Crippen molar-refractivity contribution in [3.05, 3.63) is 154 Å². The fourth-order valence-electron chi connectivity index (χ4n) is 12.8. The Hall–Kier alpha value is -10.6. The van der Waals surface area contributed by atoms with Crippen molar-refractivity contribution < 1.29 is 67.4 Å². The predicted molar refractivity (Wildman–Crippen MR) is 390 cm³/mol. The second-order valence-electron chi connectivity index (χ2n) is 27.0. The van der Waals surface area contributed by atoms with E-state index in [0.29, 0.717) is 61.0 Å². The van der Waals surface area contributed by atoms with Crippen molar-refractivity contribution in [2.24, 2.45) is 33.8 Å². The molecule has 0 radical (unpaired) electrons. The number of halogens is 1. The summed E-state index contributed by atoms with van der Waals surface area (Å²) in [5, 5.41) is 34.5. The second-order valence-corrected chi connectivity index (χ2v) is 27.4. The van der Waals surface area contributed by atoms with Crippen LogP contribution in [0.5, 0.6) is 0 Å². The topological polar surface area (TPSA) is 457 Å². The summed E-state index contributed by atoms with van der Waals surface area (Å²) >= 11 is 6.25. The summed E-state index contributed by atoms with van der Waals surface area (Å²) in [7, 11) is 0. The maximum Gasteiger partial charge on any atom is 0.325 e. The van der Waals surface area contributed by atoms with Gasteiger partial charge in [-0.25, -0.2) is 9.69 Å². The number of primary amides is 2. The lowest BCUT2D eigenvalue weighted by Crippen LogP contribution is -2.61. The monoisotopic (exact) mass is 1470 g/mol. The molecule has 105 heavy (non-hydrogen) atoms. The zero-order valence-corrected chi connectivity index (χ0v) is 59.8. The van der Waals surface area contributed by atoms with Gasteiger partial charge in [-0.05, 0) is 102 Å². The van der Waals surface area contributed by atoms with Gasteiger partial charge in [-0.3, -0.25) is 62.6 Å². The summed E-state index contributed by atoms with van der Waals surface area (Å²) in [6, 6.07) is 20.5. The summed E-state index contributed by atoms with van der Waals surface area (Å²) in [5.74, 6) is -9.99. The molecule has 5 aromatic carbocycles. The maximum absolute atomic E-state index is 15.0. The number of hydrogen-bond donors (Lipinski definition) is 13. The summed E-state index contributed by atoms with van der Waals surface area (Å²) < 4.78 is 5.52. The molecule has 3 aliphatic rings. The number of urea groups is 1. The minimum absolute atomic E-state index is 0.0277. The molecule has 3 heterocycles. The van der Waals surface area contributed by atoms with Crippen LogP contribution >= 0.6 is 11.6 Å². The quantitative estimate of drug-likeness (QED) is 0.0109. The number of carbonyl (C=O) groups excluding carboxylic acids is 12. The minimum Gasteiger partial charge on any atom is -0.394 e. The fourth-order valence-corrected chi connectivity index (χ4v) is 12.9. The number of nitrogens with two attached hydrogens (primary N) is 4. The summed E-state index contributed by atoms with van der Waals surface area (Å²) in [4.78, 5) is 178. The number of benzene rings is 5. The smallest absolute Gasteiger partial charge is 0.325 e. The van der Waals surface area contributed by atoms with Crippen LogP contribution in [0, 0.1) is 5.92 Å². The van der Waals surface area contributed by atoms with E-state index in [1.54, 1.807) is 80.6 Å². The zero-order valence-electron chi connectivity index (χ0n) is 59.1. The number of guanidine groups is 1. The lowest BCUT2D eigenvalue weighted by Gasteiger charge is -2.31. The first-order chi connectivity index (χ1) is 50.2. The molecule has 13 amide bonds. The molecule has 3 aliphatic heterocycles. The van der Waals surface area contributed by atoms with Crippen molar-refractivity contribution in [3.8, 4) is 0 Å². The van der Waals surface area contributed by atoms with Gasteiger partial charge in [0.2, 0.25) is 59.1 Å². The molecule has 3 fully saturated rings. The van der Waals surface area contributed by atoms with Gasteiger partial charge in [0.15, 0.2) is 5.96 Å². The number of amides is 13. The number of imide groups is 1. The number of morpholine rings is 1. The molecule has 0 aliphatic carbocycles. The Balaban J connectivity index is 1.04. The SMILES string of the molecule is CC(C)C[C@H](NC(=O)[C@@H](CCC(N)=O)NC(=O)[C@H](Cc1ccc(CN2CCOCC2)cc1)NC(=O)[C@H](CO)NC(=O)[C@@H](Cc1ccccc1)NC(=O)C(Cc1ccc(Cl)cc1)N1C(=O)NC(Cc2ccc3ccccc3c2)C1=O)C(=O)N[C@@H](CCCN=C(N)N)C(=O)N1CCC[C@H]1C(=O)N[C@H](C)C(N)=O. The van der Waals surface area contributed by atoms with Crippen molar-refractivity contribution in [2.75, 3.05) is 46.0 Å². The first kappa shape index (κ1) is 80.1. The maximum atomic E-state index is 15.0. The highest BCUT2D eigenvalue weighted by Crippen LogP contribution is 2.25. The molecule has 0 bridgehead atoms. The molecule has 30 nitrogen and oxygen atoms in total. The molecule has 0 aromatic heterocycles.